The number of halogens is 4. The molecule has 4 fully saturated rings. The molecule has 18 N–H and O–H groups in total. The second-order valence-corrected chi connectivity index (χ2v) is 32.8. The molecule has 4 aliphatic rings. The Morgan fingerprint density at radius 2 is 0.685 bits per heavy atom. The molecule has 15 heterocycles. The lowest BCUT2D eigenvalue weighted by Crippen LogP contribution is -2.15. The predicted octanol–water partition coefficient (Wildman–Crippen LogP) is 16.0. The van der Waals surface area contributed by atoms with Crippen molar-refractivity contribution in [2.24, 2.45) is 23.7 Å². The Balaban J connectivity index is 0.000000119. The number of aromatic amines is 3. The molecule has 0 spiro atoms. The minimum atomic E-state index is -1.04. The maximum atomic E-state index is 13.0. The van der Waals surface area contributed by atoms with Gasteiger partial charge in [0.1, 0.15) is 82.9 Å². The highest BCUT2D eigenvalue weighted by molar-refractivity contribution is 6.04. The molecule has 1 aromatic carbocycles. The van der Waals surface area contributed by atoms with Crippen LogP contribution in [0.3, 0.4) is 0 Å². The Morgan fingerprint density at radius 3 is 0.985 bits per heavy atom. The molecule has 35 heteroatoms. The van der Waals surface area contributed by atoms with Gasteiger partial charge in [-0.3, -0.25) is 39.0 Å². The van der Waals surface area contributed by atoms with E-state index in [1.165, 1.54) is 5.56 Å². The number of anilines is 10. The van der Waals surface area contributed by atoms with Crippen molar-refractivity contribution in [1.82, 2.24) is 80.0 Å². The number of carbonyl (C=O) groups is 5. The van der Waals surface area contributed by atoms with Crippen molar-refractivity contribution in [2.75, 3.05) is 55.3 Å². The average Bonchev–Trinajstić information content (AvgIpc) is 1.41. The van der Waals surface area contributed by atoms with E-state index in [4.69, 9.17) is 28.7 Å². The predicted molar refractivity (Wildman–Crippen MR) is 496 cm³/mol. The summed E-state index contributed by atoms with van der Waals surface area (Å²) in [6, 6.07) is 32.2. The molecule has 0 bridgehead atoms. The Bertz CT molecular complexity index is 6780. The quantitative estimate of drug-likeness (QED) is 0.0377. The summed E-state index contributed by atoms with van der Waals surface area (Å²) in [5.41, 5.74) is 49.2. The van der Waals surface area contributed by atoms with E-state index in [9.17, 15) is 41.5 Å². The number of hydrogen-bond donors (Lipinski definition) is 13. The molecular formula is C95H92F4N26O5. The van der Waals surface area contributed by atoms with E-state index in [1.807, 2.05) is 135 Å². The summed E-state index contributed by atoms with van der Waals surface area (Å²) in [5, 5.41) is 27.8. The summed E-state index contributed by atoms with van der Waals surface area (Å²) < 4.78 is 52.1. The molecule has 20 rings (SSSR count). The van der Waals surface area contributed by atoms with Crippen LogP contribution in [0.25, 0.3) is 110 Å². The third-order valence-corrected chi connectivity index (χ3v) is 22.9. The Morgan fingerprint density at radius 1 is 0.377 bits per heavy atom. The van der Waals surface area contributed by atoms with Crippen LogP contribution in [0.5, 0.6) is 0 Å². The normalized spacial score (nSPS) is 17.2. The van der Waals surface area contributed by atoms with E-state index in [1.54, 1.807) is 79.9 Å². The minimum absolute atomic E-state index is 0.172. The fourth-order valence-electron chi connectivity index (χ4n) is 15.2. The van der Waals surface area contributed by atoms with Gasteiger partial charge in [0.25, 0.3) is 0 Å². The molecule has 31 nitrogen and oxygen atoms in total. The smallest absolute Gasteiger partial charge is 0.231 e. The largest absolute Gasteiger partial charge is 0.383 e. The van der Waals surface area contributed by atoms with Crippen molar-refractivity contribution < 1.29 is 41.5 Å². The number of nitrogens with zero attached hydrogens (tertiary/aromatic N) is 13. The van der Waals surface area contributed by atoms with Gasteiger partial charge in [-0.2, -0.15) is 5.10 Å². The van der Waals surface area contributed by atoms with E-state index in [2.05, 4.69) is 120 Å². The maximum Gasteiger partial charge on any atom is 0.231 e. The monoisotopic (exact) mass is 1750 g/mol. The number of nitrogen functional groups attached to an aromatic ring is 5. The number of H-pyrrole nitrogens is 3. The third kappa shape index (κ3) is 19.7. The van der Waals surface area contributed by atoms with Gasteiger partial charge < -0.3 is 65.2 Å². The van der Waals surface area contributed by atoms with Crippen LogP contribution in [0.15, 0.2) is 165 Å². The van der Waals surface area contributed by atoms with Crippen molar-refractivity contribution in [2.45, 2.75) is 126 Å². The van der Waals surface area contributed by atoms with Gasteiger partial charge in [-0.15, -0.1) is 0 Å². The fraction of sp³-hybridized carbons (Fsp3) is 0.242. The Hall–Kier alpha value is -15.8. The summed E-state index contributed by atoms with van der Waals surface area (Å²) in [6.07, 6.45) is 15.1. The highest BCUT2D eigenvalue weighted by atomic mass is 19.1. The summed E-state index contributed by atoms with van der Waals surface area (Å²) in [6.45, 7) is 17.8. The first-order valence-corrected chi connectivity index (χ1v) is 42.0. The van der Waals surface area contributed by atoms with E-state index in [0.717, 1.165) is 146 Å². The number of alkyl halides is 4. The molecule has 660 valence electrons. The van der Waals surface area contributed by atoms with Crippen LogP contribution in [0.4, 0.5) is 75.7 Å². The highest BCUT2D eigenvalue weighted by Gasteiger charge is 2.46. The van der Waals surface area contributed by atoms with Crippen LogP contribution < -0.4 is 55.3 Å². The Labute approximate surface area is 741 Å². The Kier molecular flexibility index (Phi) is 24.7. The van der Waals surface area contributed by atoms with Gasteiger partial charge in [-0.05, 0) is 221 Å². The highest BCUT2D eigenvalue weighted by Crippen LogP contribution is 2.41. The van der Waals surface area contributed by atoms with Crippen molar-refractivity contribution in [1.29, 1.82) is 0 Å². The fourth-order valence-corrected chi connectivity index (χ4v) is 15.2. The molecule has 4 aliphatic carbocycles. The number of rotatable bonds is 17. The van der Waals surface area contributed by atoms with Crippen LogP contribution in [0.1, 0.15) is 88.9 Å². The number of nitrogens with two attached hydrogens (primary N) is 5. The number of pyridine rings is 12. The number of hydrogen-bond acceptors (Lipinski definition) is 23. The van der Waals surface area contributed by atoms with Crippen LogP contribution >= 0.6 is 0 Å². The molecule has 0 radical (unpaired) electrons. The second kappa shape index (κ2) is 36.6. The first-order valence-electron chi connectivity index (χ1n) is 42.0. The molecule has 0 saturated heterocycles. The SMILES string of the molecule is CCc1ccccc1-c1cc2cc(NC(=O)Cc3ccn[nH]3)ncc2c(N)n1.Cc1c[nH]c(C)c1-c1cc2cc(NC(=O)C3C[C@H]3F)ncc2c(N)n1.Cc1c[nH]c(C)c1-c1cc2cc(NC(=O)[C@@H]3C[C@@H]3F)ncc2c(N)n1.Cc1cc(-c2cc3cc(NC(=O)C4C[C@H]4F)ncc3c(N)n2)c(C)cn1.Cc1cc(-c2cc3cc(NC(=O)[C@@H]4C[C@@H]4F)ncc3c(N)n2)c(C)cn1. The molecule has 15 aromatic heterocycles. The number of benzene rings is 1. The number of nitrogens with one attached hydrogen (secondary N) is 8. The number of carbonyl (C=O) groups excluding carboxylic acids is 5. The maximum absolute atomic E-state index is 13.0. The summed E-state index contributed by atoms with van der Waals surface area (Å²) in [5.74, 6) is 0.138. The first kappa shape index (κ1) is 87.6. The van der Waals surface area contributed by atoms with Crippen molar-refractivity contribution in [3.05, 3.63) is 221 Å². The molecule has 16 aromatic rings. The number of amides is 5. The molecule has 5 amide bonds. The zero-order valence-corrected chi connectivity index (χ0v) is 72.2. The van der Waals surface area contributed by atoms with Crippen molar-refractivity contribution in [3.63, 3.8) is 0 Å². The van der Waals surface area contributed by atoms with Crippen LogP contribution in [-0.4, -0.2) is 134 Å². The lowest BCUT2D eigenvalue weighted by molar-refractivity contribution is -0.118. The van der Waals surface area contributed by atoms with E-state index in [-0.39, 0.29) is 61.6 Å². The average molecular weight is 1750 g/mol. The van der Waals surface area contributed by atoms with Crippen molar-refractivity contribution in [3.8, 4) is 56.3 Å². The topological polar surface area (TPSA) is 491 Å². The molecule has 2 unspecified atom stereocenters. The lowest BCUT2D eigenvalue weighted by atomic mass is 10.0. The summed E-state index contributed by atoms with van der Waals surface area (Å²) in [7, 11) is 0. The number of fused-ring (bicyclic) bond motifs is 5. The standard InChI is InChI=1S/C21H20N6O.2C19H18FN5O.2C18H18FN5O/c1-2-13-5-3-4-6-16(13)18-9-14-10-19(23-12-17(14)21(22)25-18)26-20(28)11-15-7-8-24-27-15;2*1-9-7-22-10(2)3-12(9)16-4-11-5-17(23-8-14(11)18(21)24-16)25-19(26)13-6-15(13)20;2*1-8-6-21-9(2)16(8)14-3-10-4-15(22-7-12(10)17(20)23-14)24-18(25)11-5-13(11)19/h3-10,12H,2,11H2,1H3,(H2,22,25)(H,24,27)(H,23,26,28);2*3-5,7-8,13,15H,6H2,1-2H3,(H2,21,24)(H,23,25,26);2*3-4,6-7,11,13,21H,5H2,1-2H3,(H2,20,23)(H,22,24,25)/t;13?,15-;13-,15+;11?,13-;11-,13+/m.1111/s1. The van der Waals surface area contributed by atoms with Gasteiger partial charge in [0.15, 0.2) is 0 Å². The summed E-state index contributed by atoms with van der Waals surface area (Å²) in [4.78, 5) is 118. The van der Waals surface area contributed by atoms with Crippen molar-refractivity contribution >= 4 is 142 Å². The van der Waals surface area contributed by atoms with E-state index < -0.39 is 48.4 Å². The second-order valence-electron chi connectivity index (χ2n) is 32.8. The molecule has 130 heavy (non-hydrogen) atoms. The lowest BCUT2D eigenvalue weighted by Gasteiger charge is -2.11. The van der Waals surface area contributed by atoms with Gasteiger partial charge in [-0.25, -0.2) is 67.4 Å². The first-order chi connectivity index (χ1) is 62.3. The van der Waals surface area contributed by atoms with E-state index >= 15 is 0 Å². The van der Waals surface area contributed by atoms with Gasteiger partial charge in [0.2, 0.25) is 29.5 Å². The molecule has 8 atom stereocenters. The van der Waals surface area contributed by atoms with Crippen LogP contribution in [0, 0.1) is 79.1 Å². The molecule has 0 aliphatic heterocycles. The van der Waals surface area contributed by atoms with E-state index in [0.29, 0.717) is 79.7 Å². The van der Waals surface area contributed by atoms with Gasteiger partial charge in [0, 0.05) is 145 Å². The van der Waals surface area contributed by atoms with Crippen LogP contribution in [-0.2, 0) is 36.8 Å². The number of aromatic nitrogens is 16. The number of aryl methyl sites for hydroxylation is 9. The van der Waals surface area contributed by atoms with Gasteiger partial charge >= 0.3 is 0 Å². The zero-order chi connectivity index (χ0) is 91.8. The van der Waals surface area contributed by atoms with Crippen LogP contribution in [0.2, 0.25) is 0 Å². The minimum Gasteiger partial charge on any atom is -0.383 e. The summed E-state index contributed by atoms with van der Waals surface area (Å²) >= 11 is 0. The van der Waals surface area contributed by atoms with Gasteiger partial charge in [0.05, 0.1) is 58.6 Å². The molecule has 4 saturated carbocycles. The van der Waals surface area contributed by atoms with Gasteiger partial charge in [-0.1, -0.05) is 31.2 Å². The third-order valence-electron chi connectivity index (χ3n) is 22.9. The molecular weight excluding hydrogens is 1660 g/mol. The zero-order valence-electron chi connectivity index (χ0n) is 72.2.